The number of aromatic nitrogens is 3. The van der Waals surface area contributed by atoms with Crippen molar-refractivity contribution in [2.75, 3.05) is 6.54 Å². The number of hydrogen-bond acceptors (Lipinski definition) is 8. The van der Waals surface area contributed by atoms with E-state index in [2.05, 4.69) is 36.2 Å². The number of amides is 4. The molecule has 3 atom stereocenters. The van der Waals surface area contributed by atoms with E-state index in [1.807, 2.05) is 44.2 Å². The Morgan fingerprint density at radius 1 is 1.07 bits per heavy atom. The maximum atomic E-state index is 13.7. The summed E-state index contributed by atoms with van der Waals surface area (Å²) in [7, 11) is 0. The van der Waals surface area contributed by atoms with Crippen molar-refractivity contribution in [3.8, 4) is 0 Å². The summed E-state index contributed by atoms with van der Waals surface area (Å²) in [6, 6.07) is 6.90. The summed E-state index contributed by atoms with van der Waals surface area (Å²) >= 11 is 0. The molecule has 12 heteroatoms. The molecular formula is C30H37N7O5. The number of nitrogens with one attached hydrogen (secondary N) is 4. The lowest BCUT2D eigenvalue weighted by Gasteiger charge is -2.26. The summed E-state index contributed by atoms with van der Waals surface area (Å²) in [5.41, 5.74) is 1.65. The Bertz CT molecular complexity index is 1350. The van der Waals surface area contributed by atoms with Gasteiger partial charge in [-0.3, -0.25) is 29.1 Å². The maximum Gasteiger partial charge on any atom is 0.273 e. The summed E-state index contributed by atoms with van der Waals surface area (Å²) in [4.78, 5) is 65.3. The van der Waals surface area contributed by atoms with Crippen LogP contribution in [0.25, 0.3) is 0 Å². The van der Waals surface area contributed by atoms with Crippen molar-refractivity contribution >= 4 is 23.6 Å². The van der Waals surface area contributed by atoms with Crippen molar-refractivity contribution in [1.82, 2.24) is 36.2 Å². The van der Waals surface area contributed by atoms with E-state index in [1.54, 1.807) is 18.6 Å². The summed E-state index contributed by atoms with van der Waals surface area (Å²) in [5, 5.41) is 11.5. The molecule has 0 unspecified atom stereocenters. The second kappa shape index (κ2) is 14.9. The largest absolute Gasteiger partial charge is 0.446 e. The van der Waals surface area contributed by atoms with Gasteiger partial charge in [0, 0.05) is 38.0 Å². The SMILES string of the molecule is CC(C)[C@@H]1NC(=O)[C@H](Cc2ccccc2)NC(=O)[C@@H](NC(=O)CCc2cnccn2)CCCCNC(=O)c2coc1n2. The third-order valence-electron chi connectivity index (χ3n) is 6.98. The van der Waals surface area contributed by atoms with Gasteiger partial charge in [0.1, 0.15) is 24.4 Å². The van der Waals surface area contributed by atoms with Gasteiger partial charge in [-0.2, -0.15) is 0 Å². The lowest BCUT2D eigenvalue weighted by molar-refractivity contribution is -0.132. The van der Waals surface area contributed by atoms with E-state index in [1.165, 1.54) is 6.26 Å². The molecule has 3 heterocycles. The number of nitrogens with zero attached hydrogens (tertiary/aromatic N) is 3. The highest BCUT2D eigenvalue weighted by Crippen LogP contribution is 2.22. The summed E-state index contributed by atoms with van der Waals surface area (Å²) in [6.45, 7) is 4.14. The molecular weight excluding hydrogens is 538 g/mol. The highest BCUT2D eigenvalue weighted by Gasteiger charge is 2.31. The van der Waals surface area contributed by atoms with Crippen molar-refractivity contribution < 1.29 is 23.6 Å². The van der Waals surface area contributed by atoms with Crippen LogP contribution in [0, 0.1) is 5.92 Å². The molecule has 1 aromatic carbocycles. The van der Waals surface area contributed by atoms with Gasteiger partial charge in [0.05, 0.1) is 5.69 Å². The topological polar surface area (TPSA) is 168 Å². The second-order valence-corrected chi connectivity index (χ2v) is 10.6. The zero-order valence-corrected chi connectivity index (χ0v) is 23.8. The van der Waals surface area contributed by atoms with Crippen molar-refractivity contribution in [3.63, 3.8) is 0 Å². The van der Waals surface area contributed by atoms with Crippen LogP contribution in [0.15, 0.2) is 59.6 Å². The smallest absolute Gasteiger partial charge is 0.273 e. The van der Waals surface area contributed by atoms with Crippen LogP contribution in [0.5, 0.6) is 0 Å². The molecule has 2 aromatic heterocycles. The highest BCUT2D eigenvalue weighted by atomic mass is 16.3. The fourth-order valence-electron chi connectivity index (χ4n) is 4.64. The summed E-state index contributed by atoms with van der Waals surface area (Å²) in [6.07, 6.45) is 8.15. The van der Waals surface area contributed by atoms with Gasteiger partial charge in [0.15, 0.2) is 5.69 Å². The van der Waals surface area contributed by atoms with Crippen molar-refractivity contribution in [3.05, 3.63) is 78.0 Å². The Hall–Kier alpha value is -4.61. The van der Waals surface area contributed by atoms with Crippen LogP contribution < -0.4 is 21.3 Å². The number of rotatable bonds is 7. The molecule has 4 rings (SSSR count). The molecule has 12 nitrogen and oxygen atoms in total. The first kappa shape index (κ1) is 30.4. The van der Waals surface area contributed by atoms with Crippen LogP contribution in [0.1, 0.15) is 73.2 Å². The predicted molar refractivity (Wildman–Crippen MR) is 153 cm³/mol. The average Bonchev–Trinajstić information content (AvgIpc) is 3.48. The van der Waals surface area contributed by atoms with Gasteiger partial charge in [-0.15, -0.1) is 0 Å². The molecule has 222 valence electrons. The fraction of sp³-hybridized carbons (Fsp3) is 0.433. The van der Waals surface area contributed by atoms with E-state index in [-0.39, 0.29) is 42.2 Å². The molecule has 0 radical (unpaired) electrons. The summed E-state index contributed by atoms with van der Waals surface area (Å²) in [5.74, 6) is -1.53. The predicted octanol–water partition coefficient (Wildman–Crippen LogP) is 2.04. The first-order valence-corrected chi connectivity index (χ1v) is 14.2. The van der Waals surface area contributed by atoms with Crippen molar-refractivity contribution in [2.45, 2.75) is 70.5 Å². The molecule has 42 heavy (non-hydrogen) atoms. The number of hydrogen-bond donors (Lipinski definition) is 4. The van der Waals surface area contributed by atoms with E-state index in [0.717, 1.165) is 5.56 Å². The third kappa shape index (κ3) is 8.69. The van der Waals surface area contributed by atoms with E-state index in [4.69, 9.17) is 4.42 Å². The van der Waals surface area contributed by atoms with Gasteiger partial charge in [-0.05, 0) is 37.2 Å². The molecule has 4 amide bonds. The molecule has 0 spiro atoms. The van der Waals surface area contributed by atoms with Crippen LogP contribution in [0.4, 0.5) is 0 Å². The Balaban J connectivity index is 1.56. The molecule has 0 saturated heterocycles. The molecule has 3 aromatic rings. The number of carbonyl (C=O) groups is 4. The standard InChI is InChI=1S/C30H37N7O5/c1-19(2)26-30-36-24(18-42-30)27(39)33-13-7-6-10-22(34-25(38)12-11-21-17-31-14-15-32-21)28(40)35-23(29(41)37-26)16-20-8-4-3-5-9-20/h3-5,8-9,14-15,17-19,22-23,26H,6-7,10-13,16H2,1-2H3,(H,33,39)(H,34,38)(H,35,40)(H,37,41)/t22-,23-,26-/m0/s1. The quantitative estimate of drug-likeness (QED) is 0.332. The second-order valence-electron chi connectivity index (χ2n) is 10.6. The van der Waals surface area contributed by atoms with E-state index >= 15 is 0 Å². The van der Waals surface area contributed by atoms with E-state index in [0.29, 0.717) is 37.9 Å². The van der Waals surface area contributed by atoms with Gasteiger partial charge in [0.25, 0.3) is 5.91 Å². The zero-order valence-electron chi connectivity index (χ0n) is 23.8. The number of oxazole rings is 1. The van der Waals surface area contributed by atoms with Crippen LogP contribution in [-0.2, 0) is 27.2 Å². The molecule has 1 aliphatic heterocycles. The lowest BCUT2D eigenvalue weighted by atomic mass is 10.0. The minimum Gasteiger partial charge on any atom is -0.446 e. The van der Waals surface area contributed by atoms with Crippen LogP contribution in [0.3, 0.4) is 0 Å². The van der Waals surface area contributed by atoms with Gasteiger partial charge >= 0.3 is 0 Å². The van der Waals surface area contributed by atoms with Crippen LogP contribution in [0.2, 0.25) is 0 Å². The van der Waals surface area contributed by atoms with Gasteiger partial charge < -0.3 is 25.7 Å². The van der Waals surface area contributed by atoms with Crippen molar-refractivity contribution in [1.29, 1.82) is 0 Å². The molecule has 0 saturated carbocycles. The molecule has 2 bridgehead atoms. The number of fused-ring (bicyclic) bond motifs is 2. The first-order valence-electron chi connectivity index (χ1n) is 14.2. The Morgan fingerprint density at radius 2 is 1.88 bits per heavy atom. The van der Waals surface area contributed by atoms with E-state index in [9.17, 15) is 19.2 Å². The van der Waals surface area contributed by atoms with E-state index < -0.39 is 29.9 Å². The number of benzene rings is 1. The molecule has 0 fully saturated rings. The number of aryl methyl sites for hydroxylation is 1. The minimum absolute atomic E-state index is 0.124. The normalized spacial score (nSPS) is 20.4. The lowest BCUT2D eigenvalue weighted by Crippen LogP contribution is -2.55. The van der Waals surface area contributed by atoms with Gasteiger partial charge in [0.2, 0.25) is 23.6 Å². The average molecular weight is 576 g/mol. The molecule has 4 N–H and O–H groups in total. The minimum atomic E-state index is -0.939. The maximum absolute atomic E-state index is 13.7. The highest BCUT2D eigenvalue weighted by molar-refractivity contribution is 5.93. The first-order chi connectivity index (χ1) is 20.3. The van der Waals surface area contributed by atoms with Gasteiger partial charge in [-0.25, -0.2) is 4.98 Å². The third-order valence-corrected chi connectivity index (χ3v) is 6.98. The summed E-state index contributed by atoms with van der Waals surface area (Å²) < 4.78 is 5.59. The molecule has 1 aliphatic rings. The number of carbonyl (C=O) groups excluding carboxylic acids is 4. The zero-order chi connectivity index (χ0) is 29.9. The Labute approximate surface area is 244 Å². The van der Waals surface area contributed by atoms with Crippen LogP contribution in [-0.4, -0.2) is 57.2 Å². The fourth-order valence-corrected chi connectivity index (χ4v) is 4.64. The van der Waals surface area contributed by atoms with Crippen LogP contribution >= 0.6 is 0 Å². The molecule has 0 aliphatic carbocycles. The Morgan fingerprint density at radius 3 is 2.62 bits per heavy atom. The monoisotopic (exact) mass is 575 g/mol. The van der Waals surface area contributed by atoms with Crippen molar-refractivity contribution in [2.24, 2.45) is 5.92 Å². The Kier molecular flexibility index (Phi) is 10.7. The van der Waals surface area contributed by atoms with Gasteiger partial charge in [-0.1, -0.05) is 44.2 Å².